The van der Waals surface area contributed by atoms with Crippen LogP contribution in [0.2, 0.25) is 0 Å². The zero-order chi connectivity index (χ0) is 13.8. The number of aliphatic hydroxyl groups is 1. The number of ketones is 1. The van der Waals surface area contributed by atoms with Gasteiger partial charge in [-0.05, 0) is 49.9 Å². The molecule has 2 fully saturated rings. The normalized spacial score (nSPS) is 45.8. The van der Waals surface area contributed by atoms with Crippen LogP contribution in [0.15, 0.2) is 0 Å². The van der Waals surface area contributed by atoms with Crippen LogP contribution in [0.1, 0.15) is 66.7 Å². The molecule has 2 aliphatic rings. The van der Waals surface area contributed by atoms with Gasteiger partial charge in [-0.3, -0.25) is 4.79 Å². The molecule has 0 unspecified atom stereocenters. The Bertz CT molecular complexity index is 355. The summed E-state index contributed by atoms with van der Waals surface area (Å²) < 4.78 is 0. The predicted octanol–water partition coefficient (Wildman–Crippen LogP) is 3.57. The fourth-order valence-electron chi connectivity index (χ4n) is 4.11. The number of carbonyl (C=O) groups is 1. The van der Waals surface area contributed by atoms with E-state index in [4.69, 9.17) is 0 Å². The fraction of sp³-hybridized carbons (Fsp3) is 0.938. The van der Waals surface area contributed by atoms with Crippen molar-refractivity contribution in [3.63, 3.8) is 0 Å². The Morgan fingerprint density at radius 1 is 1.28 bits per heavy atom. The molecule has 0 heterocycles. The van der Waals surface area contributed by atoms with E-state index >= 15 is 0 Å². The van der Waals surface area contributed by atoms with Crippen molar-refractivity contribution in [1.82, 2.24) is 0 Å². The Kier molecular flexibility index (Phi) is 3.17. The van der Waals surface area contributed by atoms with E-state index < -0.39 is 11.0 Å². The third-order valence-electron chi connectivity index (χ3n) is 5.97. The van der Waals surface area contributed by atoms with Gasteiger partial charge in [0.05, 0.1) is 11.0 Å². The first-order valence-corrected chi connectivity index (χ1v) is 7.37. The number of Topliss-reactive ketones (excluding diaryl/α,β-unsaturated/α-hetero) is 1. The second-order valence-corrected chi connectivity index (χ2v) is 7.93. The van der Waals surface area contributed by atoms with Crippen molar-refractivity contribution in [2.45, 2.75) is 72.3 Å². The van der Waals surface area contributed by atoms with E-state index in [0.717, 1.165) is 25.7 Å². The second-order valence-electron chi connectivity index (χ2n) is 7.93. The summed E-state index contributed by atoms with van der Waals surface area (Å²) in [5.74, 6) is 1.05. The van der Waals surface area contributed by atoms with Gasteiger partial charge in [0, 0.05) is 6.42 Å². The maximum Gasteiger partial charge on any atom is 0.141 e. The van der Waals surface area contributed by atoms with Crippen LogP contribution >= 0.6 is 0 Å². The fourth-order valence-corrected chi connectivity index (χ4v) is 4.11. The lowest BCUT2D eigenvalue weighted by Gasteiger charge is -2.57. The zero-order valence-corrected chi connectivity index (χ0v) is 12.5. The Labute approximate surface area is 111 Å². The predicted molar refractivity (Wildman–Crippen MR) is 73.3 cm³/mol. The lowest BCUT2D eigenvalue weighted by Crippen LogP contribution is -2.62. The molecule has 0 aromatic rings. The molecule has 0 saturated heterocycles. The molecular formula is C16H28O2. The molecule has 2 rings (SSSR count). The smallest absolute Gasteiger partial charge is 0.141 e. The van der Waals surface area contributed by atoms with Crippen molar-refractivity contribution in [3.8, 4) is 0 Å². The van der Waals surface area contributed by atoms with E-state index in [-0.39, 0.29) is 17.1 Å². The van der Waals surface area contributed by atoms with Crippen molar-refractivity contribution in [3.05, 3.63) is 0 Å². The van der Waals surface area contributed by atoms with Crippen LogP contribution in [-0.2, 0) is 4.79 Å². The largest absolute Gasteiger partial charge is 0.389 e. The van der Waals surface area contributed by atoms with Gasteiger partial charge in [0.2, 0.25) is 0 Å². The third kappa shape index (κ3) is 1.84. The van der Waals surface area contributed by atoms with E-state index in [0.29, 0.717) is 12.3 Å². The summed E-state index contributed by atoms with van der Waals surface area (Å²) in [6, 6.07) is 0. The maximum atomic E-state index is 12.3. The Morgan fingerprint density at radius 3 is 2.44 bits per heavy atom. The van der Waals surface area contributed by atoms with Crippen LogP contribution in [0.4, 0.5) is 0 Å². The summed E-state index contributed by atoms with van der Waals surface area (Å²) >= 11 is 0. The van der Waals surface area contributed by atoms with Gasteiger partial charge in [0.25, 0.3) is 0 Å². The first kappa shape index (κ1) is 14.0. The summed E-state index contributed by atoms with van der Waals surface area (Å²) in [5, 5.41) is 11.2. The highest BCUT2D eigenvalue weighted by molar-refractivity contribution is 5.87. The van der Waals surface area contributed by atoms with Crippen molar-refractivity contribution in [2.75, 3.05) is 0 Å². The van der Waals surface area contributed by atoms with Gasteiger partial charge in [0.1, 0.15) is 5.78 Å². The molecular weight excluding hydrogens is 224 g/mol. The Hall–Kier alpha value is -0.370. The van der Waals surface area contributed by atoms with E-state index in [1.807, 2.05) is 6.92 Å². The lowest BCUT2D eigenvalue weighted by atomic mass is 9.49. The topological polar surface area (TPSA) is 37.3 Å². The summed E-state index contributed by atoms with van der Waals surface area (Å²) in [5.41, 5.74) is -1.05. The number of hydrogen-bond acceptors (Lipinski definition) is 2. The average Bonchev–Trinajstić information content (AvgIpc) is 2.26. The van der Waals surface area contributed by atoms with E-state index in [9.17, 15) is 9.90 Å². The quantitative estimate of drug-likeness (QED) is 0.715. The van der Waals surface area contributed by atoms with Gasteiger partial charge in [-0.15, -0.1) is 0 Å². The lowest BCUT2D eigenvalue weighted by molar-refractivity contribution is -0.190. The minimum absolute atomic E-state index is 0.220. The molecule has 0 aromatic carbocycles. The van der Waals surface area contributed by atoms with Gasteiger partial charge in [-0.1, -0.05) is 27.7 Å². The van der Waals surface area contributed by atoms with Gasteiger partial charge in [-0.25, -0.2) is 0 Å². The van der Waals surface area contributed by atoms with Crippen LogP contribution in [0, 0.1) is 22.7 Å². The van der Waals surface area contributed by atoms with Crippen LogP contribution in [0.3, 0.4) is 0 Å². The van der Waals surface area contributed by atoms with Gasteiger partial charge in [0.15, 0.2) is 0 Å². The van der Waals surface area contributed by atoms with Crippen molar-refractivity contribution >= 4 is 5.78 Å². The number of hydrogen-bond donors (Lipinski definition) is 1. The SMILES string of the molecule is C[C@H]1CCC(=O)[C@]2(C)CC[C@@H](C(C)(C)C)C[C@@]12O. The van der Waals surface area contributed by atoms with Crippen LogP contribution in [0.25, 0.3) is 0 Å². The van der Waals surface area contributed by atoms with Gasteiger partial charge < -0.3 is 5.11 Å². The first-order chi connectivity index (χ1) is 8.11. The van der Waals surface area contributed by atoms with Gasteiger partial charge in [-0.2, -0.15) is 0 Å². The van der Waals surface area contributed by atoms with Crippen LogP contribution in [-0.4, -0.2) is 16.5 Å². The molecule has 2 heteroatoms. The molecule has 0 aromatic heterocycles. The molecule has 4 atom stereocenters. The van der Waals surface area contributed by atoms with Gasteiger partial charge >= 0.3 is 0 Å². The highest BCUT2D eigenvalue weighted by Gasteiger charge is 2.60. The molecule has 2 aliphatic carbocycles. The molecule has 0 aliphatic heterocycles. The Morgan fingerprint density at radius 2 is 1.89 bits per heavy atom. The average molecular weight is 252 g/mol. The number of fused-ring (bicyclic) bond motifs is 1. The number of carbonyl (C=O) groups excluding carboxylic acids is 1. The standard InChI is InChI=1S/C16H28O2/c1-11-6-7-13(17)15(5)9-8-12(14(2,3)4)10-16(11,15)18/h11-12,18H,6-10H2,1-5H3/t11-,12+,15-,16+/m0/s1. The molecule has 0 amide bonds. The summed E-state index contributed by atoms with van der Waals surface area (Å²) in [7, 11) is 0. The number of rotatable bonds is 0. The highest BCUT2D eigenvalue weighted by Crippen LogP contribution is 2.57. The second kappa shape index (κ2) is 4.06. The third-order valence-corrected chi connectivity index (χ3v) is 5.97. The van der Waals surface area contributed by atoms with Crippen molar-refractivity contribution in [1.29, 1.82) is 0 Å². The molecule has 0 bridgehead atoms. The minimum Gasteiger partial charge on any atom is -0.389 e. The van der Waals surface area contributed by atoms with Crippen molar-refractivity contribution in [2.24, 2.45) is 22.7 Å². The summed E-state index contributed by atoms with van der Waals surface area (Å²) in [6.07, 6.45) is 4.22. The highest BCUT2D eigenvalue weighted by atomic mass is 16.3. The maximum absolute atomic E-state index is 12.3. The van der Waals surface area contributed by atoms with E-state index in [1.54, 1.807) is 0 Å². The van der Waals surface area contributed by atoms with Crippen LogP contribution in [0.5, 0.6) is 0 Å². The van der Waals surface area contributed by atoms with E-state index in [1.165, 1.54) is 0 Å². The van der Waals surface area contributed by atoms with Crippen molar-refractivity contribution < 1.29 is 9.90 Å². The molecule has 18 heavy (non-hydrogen) atoms. The molecule has 2 saturated carbocycles. The summed E-state index contributed by atoms with van der Waals surface area (Å²) in [4.78, 5) is 12.3. The monoisotopic (exact) mass is 252 g/mol. The minimum atomic E-state index is -0.779. The van der Waals surface area contributed by atoms with Crippen LogP contribution < -0.4 is 0 Å². The first-order valence-electron chi connectivity index (χ1n) is 7.37. The molecule has 0 radical (unpaired) electrons. The summed E-state index contributed by atoms with van der Waals surface area (Å²) in [6.45, 7) is 10.9. The molecule has 1 N–H and O–H groups in total. The van der Waals surface area contributed by atoms with E-state index in [2.05, 4.69) is 27.7 Å². The molecule has 2 nitrogen and oxygen atoms in total. The zero-order valence-electron chi connectivity index (χ0n) is 12.5. The molecule has 0 spiro atoms. The Balaban J connectivity index is 2.34. The molecule has 104 valence electrons.